The Morgan fingerprint density at radius 2 is 1.69 bits per heavy atom. The second-order valence-electron chi connectivity index (χ2n) is 9.13. The van der Waals surface area contributed by atoms with E-state index >= 15 is 0 Å². The zero-order valence-electron chi connectivity index (χ0n) is 22.1. The average Bonchev–Trinajstić information content (AvgIpc) is 2.73. The molecule has 3 rings (SSSR count). The summed E-state index contributed by atoms with van der Waals surface area (Å²) >= 11 is 0. The zero-order chi connectivity index (χ0) is 27.3. The number of alkyl halides is 3. The fourth-order valence-electron chi connectivity index (χ4n) is 3.55. The van der Waals surface area contributed by atoms with Gasteiger partial charge in [0.25, 0.3) is 0 Å². The SMILES string of the molecule is C/C=C/N(C)c1nc(C2CN(C(=O)OC(C)(C)C)C2)nc(-c2ccc(OC(F)(F)F)cc2)c1C.CC. The first-order valence-electron chi connectivity index (χ1n) is 11.9. The number of carbonyl (C=O) groups is 1. The van der Waals surface area contributed by atoms with Gasteiger partial charge in [-0.3, -0.25) is 0 Å². The van der Waals surface area contributed by atoms with Crippen LogP contribution in [0.15, 0.2) is 36.5 Å². The van der Waals surface area contributed by atoms with Gasteiger partial charge in [-0.2, -0.15) is 0 Å². The van der Waals surface area contributed by atoms with E-state index in [0.717, 1.165) is 5.56 Å². The molecule has 1 aromatic heterocycles. The third-order valence-electron chi connectivity index (χ3n) is 5.10. The van der Waals surface area contributed by atoms with Crippen molar-refractivity contribution in [2.24, 2.45) is 0 Å². The van der Waals surface area contributed by atoms with Crippen LogP contribution in [0.3, 0.4) is 0 Å². The van der Waals surface area contributed by atoms with E-state index in [4.69, 9.17) is 14.7 Å². The standard InChI is InChI=1S/C24H29F3N4O3.C2H6/c1-7-12-30(6)21-15(2)19(16-8-10-18(11-9-16)33-24(25,26)27)28-20(29-21)17-13-31(14-17)22(32)34-23(3,4)5;1-2/h7-12,17H,13-14H2,1-6H3;1-2H3/b12-7+;. The lowest BCUT2D eigenvalue weighted by Crippen LogP contribution is -2.50. The van der Waals surface area contributed by atoms with Gasteiger partial charge < -0.3 is 19.3 Å². The van der Waals surface area contributed by atoms with E-state index in [2.05, 4.69) is 4.74 Å². The van der Waals surface area contributed by atoms with Crippen molar-refractivity contribution < 1.29 is 27.4 Å². The summed E-state index contributed by atoms with van der Waals surface area (Å²) in [5, 5.41) is 0. The molecule has 1 aliphatic heterocycles. The van der Waals surface area contributed by atoms with Gasteiger partial charge >= 0.3 is 12.5 Å². The van der Waals surface area contributed by atoms with Crippen molar-refractivity contribution in [2.75, 3.05) is 25.0 Å². The normalized spacial score (nSPS) is 14.1. The van der Waals surface area contributed by atoms with Gasteiger partial charge in [-0.1, -0.05) is 19.9 Å². The van der Waals surface area contributed by atoms with E-state index in [9.17, 15) is 18.0 Å². The Balaban J connectivity index is 0.00000222. The van der Waals surface area contributed by atoms with Crippen LogP contribution in [0.1, 0.15) is 58.8 Å². The average molecular weight is 509 g/mol. The first-order valence-corrected chi connectivity index (χ1v) is 11.9. The molecule has 10 heteroatoms. The molecule has 1 aliphatic rings. The molecule has 0 radical (unpaired) electrons. The molecule has 0 atom stereocenters. The van der Waals surface area contributed by atoms with Crippen LogP contribution < -0.4 is 9.64 Å². The zero-order valence-corrected chi connectivity index (χ0v) is 22.1. The van der Waals surface area contributed by atoms with E-state index in [0.29, 0.717) is 36.0 Å². The summed E-state index contributed by atoms with van der Waals surface area (Å²) in [6.07, 6.45) is -1.41. The van der Waals surface area contributed by atoms with Gasteiger partial charge in [0, 0.05) is 37.5 Å². The number of rotatable bonds is 5. The molecule has 36 heavy (non-hydrogen) atoms. The molecule has 2 heterocycles. The van der Waals surface area contributed by atoms with Crippen LogP contribution >= 0.6 is 0 Å². The lowest BCUT2D eigenvalue weighted by atomic mass is 9.98. The third-order valence-corrected chi connectivity index (χ3v) is 5.10. The molecule has 198 valence electrons. The predicted molar refractivity (Wildman–Crippen MR) is 134 cm³/mol. The Bertz CT molecular complexity index is 1060. The summed E-state index contributed by atoms with van der Waals surface area (Å²) in [5.74, 6) is 0.839. The second-order valence-corrected chi connectivity index (χ2v) is 9.13. The van der Waals surface area contributed by atoms with Crippen LogP contribution in [0.25, 0.3) is 11.3 Å². The predicted octanol–water partition coefficient (Wildman–Crippen LogP) is 6.68. The molecule has 0 bridgehead atoms. The van der Waals surface area contributed by atoms with Crippen LogP contribution in [-0.2, 0) is 4.74 Å². The molecule has 0 saturated carbocycles. The van der Waals surface area contributed by atoms with Gasteiger partial charge in [-0.05, 0) is 58.9 Å². The molecule has 1 fully saturated rings. The highest BCUT2D eigenvalue weighted by Gasteiger charge is 2.37. The highest BCUT2D eigenvalue weighted by atomic mass is 19.4. The molecule has 1 aromatic carbocycles. The summed E-state index contributed by atoms with van der Waals surface area (Å²) in [7, 11) is 1.86. The Morgan fingerprint density at radius 1 is 1.11 bits per heavy atom. The van der Waals surface area contributed by atoms with Gasteiger partial charge in [0.05, 0.1) is 11.6 Å². The van der Waals surface area contributed by atoms with Gasteiger partial charge in [-0.15, -0.1) is 13.2 Å². The van der Waals surface area contributed by atoms with Gasteiger partial charge in [0.1, 0.15) is 23.0 Å². The largest absolute Gasteiger partial charge is 0.573 e. The van der Waals surface area contributed by atoms with E-state index < -0.39 is 12.0 Å². The number of likely N-dealkylation sites (tertiary alicyclic amines) is 1. The highest BCUT2D eigenvalue weighted by molar-refractivity contribution is 5.71. The summed E-state index contributed by atoms with van der Waals surface area (Å²) in [4.78, 5) is 25.2. The van der Waals surface area contributed by atoms with Gasteiger partial charge in [0.15, 0.2) is 0 Å². The molecule has 2 aromatic rings. The summed E-state index contributed by atoms with van der Waals surface area (Å²) in [5.41, 5.74) is 1.43. The quantitative estimate of drug-likeness (QED) is 0.449. The Labute approximate surface area is 210 Å². The fraction of sp³-hybridized carbons (Fsp3) is 0.500. The Morgan fingerprint density at radius 3 is 2.19 bits per heavy atom. The Kier molecular flexibility index (Phi) is 9.34. The molecule has 1 amide bonds. The molecule has 7 nitrogen and oxygen atoms in total. The van der Waals surface area contributed by atoms with Crippen LogP contribution in [0.4, 0.5) is 23.8 Å². The molecular weight excluding hydrogens is 473 g/mol. The molecule has 0 N–H and O–H groups in total. The molecule has 0 spiro atoms. The third kappa shape index (κ3) is 7.60. The lowest BCUT2D eigenvalue weighted by molar-refractivity contribution is -0.274. The van der Waals surface area contributed by atoms with Gasteiger partial charge in [-0.25, -0.2) is 14.8 Å². The number of halogens is 3. The molecule has 1 saturated heterocycles. The summed E-state index contributed by atoms with van der Waals surface area (Å²) in [6, 6.07) is 5.58. The minimum absolute atomic E-state index is 0.0857. The molecule has 0 unspecified atom stereocenters. The minimum atomic E-state index is -4.76. The number of hydrogen-bond donors (Lipinski definition) is 0. The number of ether oxygens (including phenoxy) is 2. The van der Waals surface area contributed by atoms with Crippen molar-refractivity contribution in [1.29, 1.82) is 0 Å². The summed E-state index contributed by atoms with van der Waals surface area (Å²) < 4.78 is 46.9. The first kappa shape index (κ1) is 28.9. The highest BCUT2D eigenvalue weighted by Crippen LogP contribution is 2.34. The smallest absolute Gasteiger partial charge is 0.444 e. The van der Waals surface area contributed by atoms with E-state index in [1.54, 1.807) is 4.90 Å². The number of benzene rings is 1. The van der Waals surface area contributed by atoms with Crippen LogP contribution in [0.5, 0.6) is 5.75 Å². The number of amides is 1. The maximum atomic E-state index is 12.5. The number of anilines is 1. The van der Waals surface area contributed by atoms with Crippen molar-refractivity contribution in [3.63, 3.8) is 0 Å². The van der Waals surface area contributed by atoms with Crippen molar-refractivity contribution in [2.45, 2.75) is 66.3 Å². The second kappa shape index (κ2) is 11.6. The summed E-state index contributed by atoms with van der Waals surface area (Å²) in [6.45, 7) is 14.0. The molecular formula is C26H35F3N4O3. The van der Waals surface area contributed by atoms with E-state index in [1.165, 1.54) is 24.3 Å². The number of hydrogen-bond acceptors (Lipinski definition) is 6. The van der Waals surface area contributed by atoms with Crippen LogP contribution in [0.2, 0.25) is 0 Å². The fourth-order valence-corrected chi connectivity index (χ4v) is 3.55. The minimum Gasteiger partial charge on any atom is -0.444 e. The monoisotopic (exact) mass is 508 g/mol. The topological polar surface area (TPSA) is 67.8 Å². The maximum Gasteiger partial charge on any atom is 0.573 e. The number of allylic oxidation sites excluding steroid dienone is 1. The van der Waals surface area contributed by atoms with Crippen LogP contribution in [0, 0.1) is 6.92 Å². The van der Waals surface area contributed by atoms with Crippen molar-refractivity contribution in [3.8, 4) is 17.0 Å². The van der Waals surface area contributed by atoms with E-state index in [-0.39, 0.29) is 17.8 Å². The van der Waals surface area contributed by atoms with E-state index in [1.807, 2.05) is 72.7 Å². The van der Waals surface area contributed by atoms with Crippen LogP contribution in [-0.4, -0.2) is 53.1 Å². The van der Waals surface area contributed by atoms with Crippen molar-refractivity contribution in [3.05, 3.63) is 47.9 Å². The lowest BCUT2D eigenvalue weighted by Gasteiger charge is -2.39. The van der Waals surface area contributed by atoms with Crippen molar-refractivity contribution in [1.82, 2.24) is 14.9 Å². The maximum absolute atomic E-state index is 12.5. The number of aromatic nitrogens is 2. The van der Waals surface area contributed by atoms with Crippen molar-refractivity contribution >= 4 is 11.9 Å². The number of carbonyl (C=O) groups excluding carboxylic acids is 1. The Hall–Kier alpha value is -3.30. The van der Waals surface area contributed by atoms with Gasteiger partial charge in [0.2, 0.25) is 0 Å². The first-order chi connectivity index (χ1) is 16.8. The molecule has 0 aliphatic carbocycles. The number of nitrogens with zero attached hydrogens (tertiary/aromatic N) is 4.